The largest absolute Gasteiger partial charge is 0.372 e. The molecule has 3 rings (SSSR count). The van der Waals surface area contributed by atoms with Gasteiger partial charge in [0.15, 0.2) is 0 Å². The lowest BCUT2D eigenvalue weighted by Crippen LogP contribution is -2.49. The SMILES string of the molecule is C[C@@H]1CN(C(=O)Cn2nnc(-c3ccccc3F)n2)C[C@H](C)O1. The van der Waals surface area contributed by atoms with Crippen molar-refractivity contribution in [2.24, 2.45) is 0 Å². The zero-order chi connectivity index (χ0) is 16.4. The van der Waals surface area contributed by atoms with Gasteiger partial charge in [-0.1, -0.05) is 12.1 Å². The summed E-state index contributed by atoms with van der Waals surface area (Å²) in [7, 11) is 0. The Morgan fingerprint density at radius 3 is 2.70 bits per heavy atom. The Labute approximate surface area is 133 Å². The number of hydrogen-bond donors (Lipinski definition) is 0. The Hall–Kier alpha value is -2.35. The Bertz CT molecular complexity index is 695. The van der Waals surface area contributed by atoms with Gasteiger partial charge >= 0.3 is 0 Å². The molecule has 122 valence electrons. The molecule has 0 N–H and O–H groups in total. The van der Waals surface area contributed by atoms with E-state index in [1.165, 1.54) is 10.9 Å². The number of morpholine rings is 1. The second-order valence-electron chi connectivity index (χ2n) is 5.68. The van der Waals surface area contributed by atoms with Gasteiger partial charge < -0.3 is 9.64 Å². The Balaban J connectivity index is 1.69. The normalized spacial score (nSPS) is 21.4. The van der Waals surface area contributed by atoms with Crippen LogP contribution in [0.15, 0.2) is 24.3 Å². The number of aromatic nitrogens is 4. The van der Waals surface area contributed by atoms with E-state index in [4.69, 9.17) is 4.74 Å². The molecule has 8 heteroatoms. The van der Waals surface area contributed by atoms with Crippen LogP contribution in [-0.4, -0.2) is 56.3 Å². The second kappa shape index (κ2) is 6.41. The van der Waals surface area contributed by atoms with Crippen LogP contribution in [0.1, 0.15) is 13.8 Å². The molecule has 1 saturated heterocycles. The summed E-state index contributed by atoms with van der Waals surface area (Å²) in [5.41, 5.74) is 0.264. The summed E-state index contributed by atoms with van der Waals surface area (Å²) in [6.07, 6.45) is 0.000706. The average molecular weight is 319 g/mol. The minimum Gasteiger partial charge on any atom is -0.372 e. The van der Waals surface area contributed by atoms with Crippen molar-refractivity contribution in [3.63, 3.8) is 0 Å². The topological polar surface area (TPSA) is 73.1 Å². The summed E-state index contributed by atoms with van der Waals surface area (Å²) >= 11 is 0. The van der Waals surface area contributed by atoms with Gasteiger partial charge in [-0.25, -0.2) is 4.39 Å². The molecule has 0 saturated carbocycles. The first-order valence-electron chi connectivity index (χ1n) is 7.49. The van der Waals surface area contributed by atoms with Crippen LogP contribution in [0, 0.1) is 5.82 Å². The lowest BCUT2D eigenvalue weighted by Gasteiger charge is -2.35. The van der Waals surface area contributed by atoms with Crippen LogP contribution >= 0.6 is 0 Å². The summed E-state index contributed by atoms with van der Waals surface area (Å²) in [6.45, 7) is 4.91. The highest BCUT2D eigenvalue weighted by Crippen LogP contribution is 2.17. The van der Waals surface area contributed by atoms with Crippen molar-refractivity contribution >= 4 is 5.91 Å². The summed E-state index contributed by atoms with van der Waals surface area (Å²) in [5.74, 6) is -0.363. The Kier molecular flexibility index (Phi) is 4.33. The Morgan fingerprint density at radius 2 is 2.00 bits per heavy atom. The second-order valence-corrected chi connectivity index (χ2v) is 5.68. The quantitative estimate of drug-likeness (QED) is 0.847. The molecule has 1 aliphatic rings. The molecule has 0 radical (unpaired) electrons. The first kappa shape index (κ1) is 15.5. The molecule has 0 spiro atoms. The van der Waals surface area contributed by atoms with Gasteiger partial charge in [0.1, 0.15) is 12.4 Å². The van der Waals surface area contributed by atoms with Crippen molar-refractivity contribution < 1.29 is 13.9 Å². The maximum absolute atomic E-state index is 13.7. The summed E-state index contributed by atoms with van der Waals surface area (Å²) in [5, 5.41) is 11.7. The Morgan fingerprint density at radius 1 is 1.30 bits per heavy atom. The lowest BCUT2D eigenvalue weighted by atomic mass is 10.2. The maximum atomic E-state index is 13.7. The van der Waals surface area contributed by atoms with Crippen LogP contribution in [0.2, 0.25) is 0 Å². The van der Waals surface area contributed by atoms with Crippen LogP contribution in [0.4, 0.5) is 4.39 Å². The molecule has 1 fully saturated rings. The summed E-state index contributed by atoms with van der Waals surface area (Å²) in [4.78, 5) is 15.3. The van der Waals surface area contributed by atoms with E-state index >= 15 is 0 Å². The van der Waals surface area contributed by atoms with Crippen molar-refractivity contribution in [3.8, 4) is 11.4 Å². The number of nitrogens with zero attached hydrogens (tertiary/aromatic N) is 5. The van der Waals surface area contributed by atoms with Crippen molar-refractivity contribution in [1.82, 2.24) is 25.1 Å². The van der Waals surface area contributed by atoms with Crippen LogP contribution in [0.25, 0.3) is 11.4 Å². The van der Waals surface area contributed by atoms with Gasteiger partial charge in [-0.15, -0.1) is 10.2 Å². The smallest absolute Gasteiger partial charge is 0.246 e. The van der Waals surface area contributed by atoms with Crippen molar-refractivity contribution in [1.29, 1.82) is 0 Å². The van der Waals surface area contributed by atoms with Gasteiger partial charge in [-0.3, -0.25) is 4.79 Å². The average Bonchev–Trinajstić information content (AvgIpc) is 2.95. The molecule has 1 amide bonds. The van der Waals surface area contributed by atoms with E-state index in [1.54, 1.807) is 23.1 Å². The third-order valence-corrected chi connectivity index (χ3v) is 3.62. The van der Waals surface area contributed by atoms with Gasteiger partial charge in [0.2, 0.25) is 11.7 Å². The molecule has 2 aromatic rings. The van der Waals surface area contributed by atoms with Crippen LogP contribution in [0.5, 0.6) is 0 Å². The zero-order valence-electron chi connectivity index (χ0n) is 13.0. The van der Waals surface area contributed by atoms with E-state index in [1.807, 2.05) is 13.8 Å². The van der Waals surface area contributed by atoms with Crippen LogP contribution in [-0.2, 0) is 16.1 Å². The standard InChI is InChI=1S/C15H18FN5O2/c1-10-7-20(8-11(2)23-10)14(22)9-21-18-15(17-19-21)12-5-3-4-6-13(12)16/h3-6,10-11H,7-9H2,1-2H3/t10-,11+. The summed E-state index contributed by atoms with van der Waals surface area (Å²) < 4.78 is 19.3. The van der Waals surface area contributed by atoms with Crippen LogP contribution < -0.4 is 0 Å². The highest BCUT2D eigenvalue weighted by molar-refractivity contribution is 5.76. The molecule has 0 bridgehead atoms. The number of hydrogen-bond acceptors (Lipinski definition) is 5. The molecule has 23 heavy (non-hydrogen) atoms. The van der Waals surface area contributed by atoms with E-state index in [9.17, 15) is 9.18 Å². The minimum atomic E-state index is -0.422. The predicted molar refractivity (Wildman–Crippen MR) is 79.8 cm³/mol. The van der Waals surface area contributed by atoms with Gasteiger partial charge in [0.05, 0.1) is 17.8 Å². The number of amides is 1. The first-order valence-corrected chi connectivity index (χ1v) is 7.49. The number of halogens is 1. The molecule has 1 aliphatic heterocycles. The molecule has 2 heterocycles. The number of ether oxygens (including phenoxy) is 1. The van der Waals surface area contributed by atoms with Crippen molar-refractivity contribution in [2.75, 3.05) is 13.1 Å². The number of tetrazole rings is 1. The monoisotopic (exact) mass is 319 g/mol. The molecule has 1 aromatic carbocycles. The fourth-order valence-electron chi connectivity index (χ4n) is 2.66. The van der Waals surface area contributed by atoms with Gasteiger partial charge in [0, 0.05) is 13.1 Å². The highest BCUT2D eigenvalue weighted by Gasteiger charge is 2.26. The molecule has 7 nitrogen and oxygen atoms in total. The number of carbonyl (C=O) groups excluding carboxylic acids is 1. The zero-order valence-corrected chi connectivity index (χ0v) is 13.0. The summed E-state index contributed by atoms with van der Waals surface area (Å²) in [6, 6.07) is 6.19. The van der Waals surface area contributed by atoms with Gasteiger partial charge in [0.25, 0.3) is 0 Å². The third-order valence-electron chi connectivity index (χ3n) is 3.62. The number of carbonyl (C=O) groups is 1. The highest BCUT2D eigenvalue weighted by atomic mass is 19.1. The van der Waals surface area contributed by atoms with E-state index in [0.717, 1.165) is 0 Å². The van der Waals surface area contributed by atoms with Crippen molar-refractivity contribution in [2.45, 2.75) is 32.6 Å². The number of rotatable bonds is 3. The predicted octanol–water partition coefficient (Wildman–Crippen LogP) is 1.11. The van der Waals surface area contributed by atoms with Gasteiger partial charge in [-0.2, -0.15) is 4.80 Å². The van der Waals surface area contributed by atoms with E-state index in [2.05, 4.69) is 15.4 Å². The molecule has 0 aliphatic carbocycles. The van der Waals surface area contributed by atoms with E-state index < -0.39 is 5.82 Å². The molecule has 1 aromatic heterocycles. The van der Waals surface area contributed by atoms with Gasteiger partial charge in [-0.05, 0) is 31.2 Å². The minimum absolute atomic E-state index is 0.000353. The lowest BCUT2D eigenvalue weighted by molar-refractivity contribution is -0.144. The van der Waals surface area contributed by atoms with E-state index in [-0.39, 0.29) is 36.0 Å². The third kappa shape index (κ3) is 3.53. The van der Waals surface area contributed by atoms with Crippen LogP contribution in [0.3, 0.4) is 0 Å². The fraction of sp³-hybridized carbons (Fsp3) is 0.467. The fourth-order valence-corrected chi connectivity index (χ4v) is 2.66. The molecule has 2 atom stereocenters. The van der Waals surface area contributed by atoms with E-state index in [0.29, 0.717) is 13.1 Å². The van der Waals surface area contributed by atoms with Crippen molar-refractivity contribution in [3.05, 3.63) is 30.1 Å². The first-order chi connectivity index (χ1) is 11.0. The maximum Gasteiger partial charge on any atom is 0.246 e. The molecule has 0 unspecified atom stereocenters. The molecular formula is C15H18FN5O2. The number of benzene rings is 1. The molecular weight excluding hydrogens is 301 g/mol.